The van der Waals surface area contributed by atoms with Crippen LogP contribution in [0, 0.1) is 5.82 Å². The van der Waals surface area contributed by atoms with Gasteiger partial charge in [0, 0.05) is 32.7 Å². The molecule has 154 valence electrons. The van der Waals surface area contributed by atoms with Crippen molar-refractivity contribution in [3.05, 3.63) is 98.2 Å². The van der Waals surface area contributed by atoms with Gasteiger partial charge in [0.15, 0.2) is 0 Å². The molecule has 0 radical (unpaired) electrons. The predicted molar refractivity (Wildman–Crippen MR) is 121 cm³/mol. The molecule has 0 fully saturated rings. The van der Waals surface area contributed by atoms with E-state index < -0.39 is 0 Å². The minimum atomic E-state index is -0.184. The van der Waals surface area contributed by atoms with Gasteiger partial charge >= 0.3 is 0 Å². The Morgan fingerprint density at radius 2 is 1.55 bits per heavy atom. The van der Waals surface area contributed by atoms with Gasteiger partial charge in [0.25, 0.3) is 0 Å². The van der Waals surface area contributed by atoms with Crippen LogP contribution in [0.5, 0.6) is 5.75 Å². The van der Waals surface area contributed by atoms with Crippen LogP contribution in [0.3, 0.4) is 0 Å². The Labute approximate surface area is 191 Å². The molecular formula is C22H20Cl4FNO. The fourth-order valence-electron chi connectivity index (χ4n) is 2.77. The van der Waals surface area contributed by atoms with Crippen LogP contribution >= 0.6 is 47.2 Å². The van der Waals surface area contributed by atoms with Crippen molar-refractivity contribution in [2.24, 2.45) is 0 Å². The van der Waals surface area contributed by atoms with E-state index in [1.54, 1.807) is 30.3 Å². The van der Waals surface area contributed by atoms with Gasteiger partial charge in [-0.15, -0.1) is 12.4 Å². The summed E-state index contributed by atoms with van der Waals surface area (Å²) in [5.41, 5.74) is 2.46. The average molecular weight is 475 g/mol. The third-order valence-corrected chi connectivity index (χ3v) is 5.09. The van der Waals surface area contributed by atoms with Crippen molar-refractivity contribution in [2.75, 3.05) is 6.54 Å². The summed E-state index contributed by atoms with van der Waals surface area (Å²) in [4.78, 5) is 0. The minimum Gasteiger partial charge on any atom is -0.489 e. The minimum absolute atomic E-state index is 0. The lowest BCUT2D eigenvalue weighted by atomic mass is 10.1. The van der Waals surface area contributed by atoms with E-state index in [0.29, 0.717) is 52.5 Å². The first kappa shape index (κ1) is 23.8. The Kier molecular flexibility index (Phi) is 9.54. The molecule has 1 N–H and O–H groups in total. The summed E-state index contributed by atoms with van der Waals surface area (Å²) in [5, 5.41) is 5.09. The SMILES string of the molecule is Cl.Fc1ccccc1CCNCc1cc(Cl)ccc1OCc1ccc(Cl)cc1Cl. The third-order valence-electron chi connectivity index (χ3n) is 4.27. The van der Waals surface area contributed by atoms with Gasteiger partial charge in [-0.2, -0.15) is 0 Å². The van der Waals surface area contributed by atoms with Crippen LogP contribution in [-0.2, 0) is 19.6 Å². The van der Waals surface area contributed by atoms with Gasteiger partial charge in [-0.25, -0.2) is 4.39 Å². The van der Waals surface area contributed by atoms with Gasteiger partial charge in [-0.1, -0.05) is 59.1 Å². The molecule has 0 saturated carbocycles. The van der Waals surface area contributed by atoms with Crippen LogP contribution in [0.15, 0.2) is 60.7 Å². The van der Waals surface area contributed by atoms with E-state index in [4.69, 9.17) is 39.5 Å². The topological polar surface area (TPSA) is 21.3 Å². The molecule has 0 aliphatic heterocycles. The number of hydrogen-bond donors (Lipinski definition) is 1. The zero-order chi connectivity index (χ0) is 19.9. The van der Waals surface area contributed by atoms with Gasteiger partial charge < -0.3 is 10.1 Å². The average Bonchev–Trinajstić information content (AvgIpc) is 2.67. The number of nitrogens with one attached hydrogen (secondary N) is 1. The zero-order valence-corrected chi connectivity index (χ0v) is 18.5. The molecule has 0 aliphatic rings. The molecule has 0 spiro atoms. The molecule has 2 nitrogen and oxygen atoms in total. The monoisotopic (exact) mass is 473 g/mol. The molecule has 0 saturated heterocycles. The number of ether oxygens (including phenoxy) is 1. The molecular weight excluding hydrogens is 455 g/mol. The maximum absolute atomic E-state index is 13.7. The van der Waals surface area contributed by atoms with E-state index in [2.05, 4.69) is 5.32 Å². The molecule has 3 aromatic carbocycles. The third kappa shape index (κ3) is 7.06. The van der Waals surface area contributed by atoms with Crippen LogP contribution in [-0.4, -0.2) is 6.54 Å². The normalized spacial score (nSPS) is 10.5. The lowest BCUT2D eigenvalue weighted by molar-refractivity contribution is 0.302. The summed E-state index contributed by atoms with van der Waals surface area (Å²) in [6.07, 6.45) is 0.601. The molecule has 0 amide bonds. The maximum Gasteiger partial charge on any atom is 0.126 e. The molecule has 0 bridgehead atoms. The summed E-state index contributed by atoms with van der Waals surface area (Å²) in [7, 11) is 0. The van der Waals surface area contributed by atoms with E-state index >= 15 is 0 Å². The van der Waals surface area contributed by atoms with Crippen molar-refractivity contribution < 1.29 is 9.13 Å². The summed E-state index contributed by atoms with van der Waals surface area (Å²) in [6, 6.07) is 17.6. The molecule has 3 rings (SSSR count). The van der Waals surface area contributed by atoms with Gasteiger partial charge in [0.1, 0.15) is 18.2 Å². The predicted octanol–water partition coefficient (Wildman–Crippen LogP) is 7.12. The van der Waals surface area contributed by atoms with E-state index in [1.807, 2.05) is 24.3 Å². The largest absolute Gasteiger partial charge is 0.489 e. The quantitative estimate of drug-likeness (QED) is 0.351. The number of halogens is 5. The Bertz CT molecular complexity index is 952. The molecule has 0 heterocycles. The van der Waals surface area contributed by atoms with Crippen molar-refractivity contribution in [1.29, 1.82) is 0 Å². The van der Waals surface area contributed by atoms with Crippen LogP contribution in [0.1, 0.15) is 16.7 Å². The van der Waals surface area contributed by atoms with Gasteiger partial charge in [-0.05, 0) is 54.9 Å². The van der Waals surface area contributed by atoms with E-state index in [9.17, 15) is 4.39 Å². The Hall–Kier alpha value is -1.49. The standard InChI is InChI=1S/C22H19Cl3FNO.ClH/c23-18-7-8-22(28-14-16-5-6-19(24)12-20(16)25)17(11-18)13-27-10-9-15-3-1-2-4-21(15)26;/h1-8,11-12,27H,9-10,13-14H2;1H. The summed E-state index contributed by atoms with van der Waals surface area (Å²) < 4.78 is 19.6. The van der Waals surface area contributed by atoms with Crippen molar-refractivity contribution in [3.8, 4) is 5.75 Å². The fourth-order valence-corrected chi connectivity index (χ4v) is 3.43. The lowest BCUT2D eigenvalue weighted by Crippen LogP contribution is -2.17. The smallest absolute Gasteiger partial charge is 0.126 e. The second-order valence-corrected chi connectivity index (χ2v) is 7.57. The summed E-state index contributed by atoms with van der Waals surface area (Å²) in [5.74, 6) is 0.532. The zero-order valence-electron chi connectivity index (χ0n) is 15.4. The van der Waals surface area contributed by atoms with Crippen LogP contribution in [0.25, 0.3) is 0 Å². The Morgan fingerprint density at radius 1 is 0.828 bits per heavy atom. The molecule has 29 heavy (non-hydrogen) atoms. The van der Waals surface area contributed by atoms with Crippen molar-refractivity contribution >= 4 is 47.2 Å². The highest BCUT2D eigenvalue weighted by Gasteiger charge is 2.08. The Balaban J connectivity index is 0.00000300. The summed E-state index contributed by atoms with van der Waals surface area (Å²) in [6.45, 7) is 1.51. The fraction of sp³-hybridized carbons (Fsp3) is 0.182. The van der Waals surface area contributed by atoms with Crippen molar-refractivity contribution in [3.63, 3.8) is 0 Å². The molecule has 0 atom stereocenters. The molecule has 7 heteroatoms. The summed E-state index contributed by atoms with van der Waals surface area (Å²) >= 11 is 18.3. The number of benzene rings is 3. The van der Waals surface area contributed by atoms with Gasteiger partial charge in [0.2, 0.25) is 0 Å². The van der Waals surface area contributed by atoms with E-state index in [-0.39, 0.29) is 18.2 Å². The van der Waals surface area contributed by atoms with Gasteiger partial charge in [0.05, 0.1) is 0 Å². The van der Waals surface area contributed by atoms with Gasteiger partial charge in [-0.3, -0.25) is 0 Å². The van der Waals surface area contributed by atoms with E-state index in [1.165, 1.54) is 6.07 Å². The number of hydrogen-bond acceptors (Lipinski definition) is 2. The Morgan fingerprint density at radius 3 is 2.31 bits per heavy atom. The van der Waals surface area contributed by atoms with Crippen molar-refractivity contribution in [1.82, 2.24) is 5.32 Å². The van der Waals surface area contributed by atoms with Crippen molar-refractivity contribution in [2.45, 2.75) is 19.6 Å². The second-order valence-electron chi connectivity index (χ2n) is 6.29. The van der Waals surface area contributed by atoms with Crippen LogP contribution in [0.2, 0.25) is 15.1 Å². The first-order valence-corrected chi connectivity index (χ1v) is 9.95. The highest BCUT2D eigenvalue weighted by atomic mass is 35.5. The first-order chi connectivity index (χ1) is 13.5. The molecule has 0 aromatic heterocycles. The highest BCUT2D eigenvalue weighted by Crippen LogP contribution is 2.26. The molecule has 0 unspecified atom stereocenters. The first-order valence-electron chi connectivity index (χ1n) is 8.82. The molecule has 0 aliphatic carbocycles. The van der Waals surface area contributed by atoms with Crippen LogP contribution < -0.4 is 10.1 Å². The molecule has 3 aromatic rings. The van der Waals surface area contributed by atoms with E-state index in [0.717, 1.165) is 11.1 Å². The lowest BCUT2D eigenvalue weighted by Gasteiger charge is -2.14. The highest BCUT2D eigenvalue weighted by molar-refractivity contribution is 6.35. The second kappa shape index (κ2) is 11.6. The maximum atomic E-state index is 13.7. The number of rotatable bonds is 8. The van der Waals surface area contributed by atoms with Crippen LogP contribution in [0.4, 0.5) is 4.39 Å².